The second-order valence-corrected chi connectivity index (χ2v) is 10.2. The number of halogens is 4. The van der Waals surface area contributed by atoms with E-state index in [4.69, 9.17) is 0 Å². The third-order valence-corrected chi connectivity index (χ3v) is 6.60. The average molecular weight is 737 g/mol. The van der Waals surface area contributed by atoms with Gasteiger partial charge in [-0.2, -0.15) is 6.07 Å². The van der Waals surface area contributed by atoms with Crippen LogP contribution in [0.15, 0.2) is 91.3 Å². The summed E-state index contributed by atoms with van der Waals surface area (Å²) in [5, 5.41) is 0. The van der Waals surface area contributed by atoms with Gasteiger partial charge in [0.2, 0.25) is 0 Å². The molecule has 0 radical (unpaired) electrons. The zero-order valence-electron chi connectivity index (χ0n) is 22.8. The summed E-state index contributed by atoms with van der Waals surface area (Å²) in [7, 11) is 0. The standard InChI is InChI=1S/C20H13F4N.C13H14N2.Pt/c1-20(2,15-9-7-13(22)11-17(15)24)19-5-3-4-18(25-19)14-8-6-12(21)10-16(14)23;1-13(2,11-7-3-5-9-14-11)12-8-4-6-10-15-12;/h3-7,10-11H,1-2H3;3-10H,1-2H3;/q-2;;+2. The van der Waals surface area contributed by atoms with Crippen molar-refractivity contribution in [1.29, 1.82) is 0 Å². The van der Waals surface area contributed by atoms with Gasteiger partial charge in [-0.05, 0) is 49.9 Å². The second-order valence-electron chi connectivity index (χ2n) is 10.2. The van der Waals surface area contributed by atoms with Gasteiger partial charge < -0.3 is 4.98 Å². The van der Waals surface area contributed by atoms with Crippen molar-refractivity contribution in [2.24, 2.45) is 0 Å². The van der Waals surface area contributed by atoms with Crippen LogP contribution in [0.4, 0.5) is 17.6 Å². The molecule has 0 aliphatic carbocycles. The zero-order chi connectivity index (χ0) is 28.9. The molecule has 0 saturated heterocycles. The van der Waals surface area contributed by atoms with Crippen molar-refractivity contribution in [1.82, 2.24) is 15.0 Å². The van der Waals surface area contributed by atoms with E-state index in [1.54, 1.807) is 32.0 Å². The number of nitrogens with zero attached hydrogens (tertiary/aromatic N) is 3. The number of hydrogen-bond acceptors (Lipinski definition) is 3. The molecular weight excluding hydrogens is 709 g/mol. The quantitative estimate of drug-likeness (QED) is 0.136. The molecule has 5 rings (SSSR count). The fourth-order valence-corrected chi connectivity index (χ4v) is 4.21. The van der Waals surface area contributed by atoms with E-state index in [0.717, 1.165) is 35.7 Å². The molecule has 2 aromatic carbocycles. The number of pyridine rings is 3. The molecular formula is C33H27F4N3Pt. The normalized spacial score (nSPS) is 11.2. The van der Waals surface area contributed by atoms with E-state index in [9.17, 15) is 17.6 Å². The predicted octanol–water partition coefficient (Wildman–Crippen LogP) is 8.03. The molecule has 5 aromatic rings. The molecule has 41 heavy (non-hydrogen) atoms. The van der Waals surface area contributed by atoms with Crippen LogP contribution in [0.5, 0.6) is 0 Å². The van der Waals surface area contributed by atoms with E-state index in [0.29, 0.717) is 5.69 Å². The van der Waals surface area contributed by atoms with Crippen LogP contribution in [0.3, 0.4) is 0 Å². The summed E-state index contributed by atoms with van der Waals surface area (Å²) in [6, 6.07) is 25.5. The van der Waals surface area contributed by atoms with Gasteiger partial charge in [-0.3, -0.25) is 27.5 Å². The summed E-state index contributed by atoms with van der Waals surface area (Å²) >= 11 is 0. The first kappa shape index (κ1) is 31.8. The first-order valence-corrected chi connectivity index (χ1v) is 12.5. The van der Waals surface area contributed by atoms with Crippen LogP contribution in [0, 0.1) is 35.4 Å². The van der Waals surface area contributed by atoms with Crippen molar-refractivity contribution in [3.05, 3.63) is 149 Å². The average Bonchev–Trinajstić information content (AvgIpc) is 2.94. The Kier molecular flexibility index (Phi) is 10.3. The van der Waals surface area contributed by atoms with Gasteiger partial charge in [0, 0.05) is 52.2 Å². The minimum atomic E-state index is -0.940. The van der Waals surface area contributed by atoms with Crippen LogP contribution in [-0.4, -0.2) is 15.0 Å². The number of hydrogen-bond donors (Lipinski definition) is 0. The summed E-state index contributed by atoms with van der Waals surface area (Å²) in [6.07, 6.45) is 3.64. The topological polar surface area (TPSA) is 38.7 Å². The molecule has 0 bridgehead atoms. The molecule has 8 heteroatoms. The van der Waals surface area contributed by atoms with Crippen molar-refractivity contribution >= 4 is 0 Å². The summed E-state index contributed by atoms with van der Waals surface area (Å²) in [4.78, 5) is 13.1. The molecule has 0 amide bonds. The maximum Gasteiger partial charge on any atom is 2.00 e. The van der Waals surface area contributed by atoms with Crippen molar-refractivity contribution in [2.45, 2.75) is 38.5 Å². The maximum absolute atomic E-state index is 14.2. The first-order valence-electron chi connectivity index (χ1n) is 12.5. The Balaban J connectivity index is 0.000000248. The Morgan fingerprint density at radius 2 is 1.15 bits per heavy atom. The maximum atomic E-state index is 14.2. The largest absolute Gasteiger partial charge is 2.00 e. The van der Waals surface area contributed by atoms with Gasteiger partial charge >= 0.3 is 21.1 Å². The Morgan fingerprint density at radius 1 is 0.610 bits per heavy atom. The number of benzene rings is 2. The number of aromatic nitrogens is 3. The SMILES string of the molecule is CC(C)(c1cccc(-c2[c-]cc(F)cc2F)n1)c1[c-]cc(F)cc1F.CC(C)(c1ccccn1)c1ccccn1.[Pt+2]. The predicted molar refractivity (Wildman–Crippen MR) is 146 cm³/mol. The van der Waals surface area contributed by atoms with Crippen LogP contribution in [0.1, 0.15) is 50.3 Å². The zero-order valence-corrected chi connectivity index (χ0v) is 25.1. The van der Waals surface area contributed by atoms with Crippen molar-refractivity contribution in [3.8, 4) is 11.3 Å². The molecule has 3 nitrogen and oxygen atoms in total. The summed E-state index contributed by atoms with van der Waals surface area (Å²) < 4.78 is 54.3. The van der Waals surface area contributed by atoms with Gasteiger partial charge in [-0.15, -0.1) is 29.8 Å². The van der Waals surface area contributed by atoms with Crippen LogP contribution in [0.2, 0.25) is 0 Å². The summed E-state index contributed by atoms with van der Waals surface area (Å²) in [6.45, 7) is 7.68. The Morgan fingerprint density at radius 3 is 1.66 bits per heavy atom. The van der Waals surface area contributed by atoms with Gasteiger partial charge in [0.25, 0.3) is 0 Å². The minimum absolute atomic E-state index is 0. The molecule has 0 atom stereocenters. The van der Waals surface area contributed by atoms with E-state index < -0.39 is 28.7 Å². The number of rotatable bonds is 5. The van der Waals surface area contributed by atoms with Crippen LogP contribution < -0.4 is 0 Å². The van der Waals surface area contributed by atoms with Crippen LogP contribution in [-0.2, 0) is 31.9 Å². The van der Waals surface area contributed by atoms with Crippen LogP contribution >= 0.6 is 0 Å². The van der Waals surface area contributed by atoms with Gasteiger partial charge in [-0.1, -0.05) is 49.7 Å². The van der Waals surface area contributed by atoms with E-state index in [1.165, 1.54) is 0 Å². The van der Waals surface area contributed by atoms with E-state index >= 15 is 0 Å². The third-order valence-electron chi connectivity index (χ3n) is 6.60. The van der Waals surface area contributed by atoms with Gasteiger partial charge in [0.05, 0.1) is 11.4 Å². The monoisotopic (exact) mass is 736 g/mol. The third kappa shape index (κ3) is 7.34. The van der Waals surface area contributed by atoms with Gasteiger partial charge in [0.15, 0.2) is 0 Å². The summed E-state index contributed by atoms with van der Waals surface area (Å²) in [5.41, 5.74) is 1.85. The molecule has 0 aliphatic heterocycles. The smallest absolute Gasteiger partial charge is 0.300 e. The van der Waals surface area contributed by atoms with Crippen molar-refractivity contribution < 1.29 is 38.6 Å². The fourth-order valence-electron chi connectivity index (χ4n) is 4.21. The Bertz CT molecular complexity index is 1550. The first-order chi connectivity index (χ1) is 19.0. The Labute approximate surface area is 252 Å². The second kappa shape index (κ2) is 13.3. The molecule has 0 unspecified atom stereocenters. The molecule has 3 heterocycles. The van der Waals surface area contributed by atoms with E-state index in [2.05, 4.69) is 40.9 Å². The van der Waals surface area contributed by atoms with Crippen molar-refractivity contribution in [3.63, 3.8) is 0 Å². The molecule has 0 spiro atoms. The minimum Gasteiger partial charge on any atom is -0.300 e. The molecule has 212 valence electrons. The fraction of sp³-hybridized carbons (Fsp3) is 0.182. The molecule has 0 saturated carbocycles. The van der Waals surface area contributed by atoms with E-state index in [1.807, 2.05) is 48.8 Å². The van der Waals surface area contributed by atoms with E-state index in [-0.39, 0.29) is 43.3 Å². The molecule has 0 fully saturated rings. The Hall–Kier alpha value is -3.70. The summed E-state index contributed by atoms with van der Waals surface area (Å²) in [5.74, 6) is -2.99. The molecule has 3 aromatic heterocycles. The molecule has 0 aliphatic rings. The van der Waals surface area contributed by atoms with Gasteiger partial charge in [-0.25, -0.2) is 0 Å². The van der Waals surface area contributed by atoms with Crippen LogP contribution in [0.25, 0.3) is 11.3 Å². The van der Waals surface area contributed by atoms with Crippen molar-refractivity contribution in [2.75, 3.05) is 0 Å². The molecule has 0 N–H and O–H groups in total. The van der Waals surface area contributed by atoms with Gasteiger partial charge in [0.1, 0.15) is 0 Å².